The number of hydrogen-bond acceptors (Lipinski definition) is 4. The Morgan fingerprint density at radius 1 is 1.26 bits per heavy atom. The normalized spacial score (nSPS) is 17.0. The first-order valence-electron chi connectivity index (χ1n) is 9.02. The zero-order valence-electron chi connectivity index (χ0n) is 15.4. The van der Waals surface area contributed by atoms with Crippen molar-refractivity contribution in [1.29, 1.82) is 0 Å². The minimum atomic E-state index is -0.159. The molecule has 3 rings (SSSR count). The third-order valence-corrected chi connectivity index (χ3v) is 4.82. The van der Waals surface area contributed by atoms with E-state index in [0.717, 1.165) is 16.9 Å². The molecule has 0 aromatic heterocycles. The number of carbonyl (C=O) groups excluding carboxylic acids is 1. The van der Waals surface area contributed by atoms with E-state index in [9.17, 15) is 4.79 Å². The van der Waals surface area contributed by atoms with Crippen LogP contribution in [-0.4, -0.2) is 49.8 Å². The third-order valence-electron chi connectivity index (χ3n) is 4.39. The van der Waals surface area contributed by atoms with Gasteiger partial charge >= 0.3 is 0 Å². The molecular weight excluding hydrogens is 366 g/mol. The second-order valence-electron chi connectivity index (χ2n) is 6.53. The molecule has 0 aliphatic carbocycles. The topological polar surface area (TPSA) is 48.0 Å². The minimum absolute atomic E-state index is 0.0263. The molecule has 1 aliphatic rings. The Balaban J connectivity index is 1.42. The summed E-state index contributed by atoms with van der Waals surface area (Å²) in [5.74, 6) is 0.719. The number of benzene rings is 2. The summed E-state index contributed by atoms with van der Waals surface area (Å²) >= 11 is 6.03. The van der Waals surface area contributed by atoms with Crippen molar-refractivity contribution in [2.45, 2.75) is 19.6 Å². The average Bonchev–Trinajstić information content (AvgIpc) is 2.70. The number of halogens is 1. The fraction of sp³-hybridized carbons (Fsp3) is 0.381. The first kappa shape index (κ1) is 19.7. The maximum Gasteiger partial charge on any atom is 0.248 e. The highest BCUT2D eigenvalue weighted by Crippen LogP contribution is 2.21. The molecule has 1 unspecified atom stereocenters. The van der Waals surface area contributed by atoms with Crippen molar-refractivity contribution >= 4 is 17.5 Å². The molecule has 1 heterocycles. The monoisotopic (exact) mass is 389 g/mol. The molecule has 0 radical (unpaired) electrons. The van der Waals surface area contributed by atoms with Crippen LogP contribution in [0.5, 0.6) is 5.75 Å². The maximum atomic E-state index is 12.4. The lowest BCUT2D eigenvalue weighted by Crippen LogP contribution is -2.48. The van der Waals surface area contributed by atoms with Crippen LogP contribution in [0.3, 0.4) is 0 Å². The van der Waals surface area contributed by atoms with Gasteiger partial charge in [-0.05, 0) is 36.2 Å². The zero-order chi connectivity index (χ0) is 19.1. The van der Waals surface area contributed by atoms with Gasteiger partial charge in [0.05, 0.1) is 19.8 Å². The van der Waals surface area contributed by atoms with Crippen molar-refractivity contribution < 1.29 is 19.0 Å². The van der Waals surface area contributed by atoms with E-state index in [0.29, 0.717) is 37.9 Å². The Labute approximate surface area is 164 Å². The summed E-state index contributed by atoms with van der Waals surface area (Å²) in [6.45, 7) is 4.39. The fourth-order valence-corrected chi connectivity index (χ4v) is 2.98. The lowest BCUT2D eigenvalue weighted by Gasteiger charge is -2.32. The summed E-state index contributed by atoms with van der Waals surface area (Å²) in [6, 6.07) is 15.4. The van der Waals surface area contributed by atoms with Crippen LogP contribution in [0, 0.1) is 6.92 Å². The summed E-state index contributed by atoms with van der Waals surface area (Å²) in [6.07, 6.45) is -0.159. The molecule has 0 N–H and O–H groups in total. The van der Waals surface area contributed by atoms with Crippen molar-refractivity contribution in [3.8, 4) is 5.75 Å². The van der Waals surface area contributed by atoms with Gasteiger partial charge in [-0.1, -0.05) is 41.9 Å². The number of aryl methyl sites for hydroxylation is 1. The highest BCUT2D eigenvalue weighted by Gasteiger charge is 2.24. The van der Waals surface area contributed by atoms with Gasteiger partial charge in [0.25, 0.3) is 0 Å². The molecule has 144 valence electrons. The predicted molar refractivity (Wildman–Crippen MR) is 104 cm³/mol. The molecule has 6 heteroatoms. The fourth-order valence-electron chi connectivity index (χ4n) is 2.86. The summed E-state index contributed by atoms with van der Waals surface area (Å²) in [7, 11) is 0. The van der Waals surface area contributed by atoms with Gasteiger partial charge in [0.2, 0.25) is 5.91 Å². The van der Waals surface area contributed by atoms with Gasteiger partial charge in [0.1, 0.15) is 25.1 Å². The Bertz CT molecular complexity index is 753. The lowest BCUT2D eigenvalue weighted by molar-refractivity contribution is -0.145. The van der Waals surface area contributed by atoms with Gasteiger partial charge in [-0.3, -0.25) is 4.79 Å². The molecule has 0 spiro atoms. The van der Waals surface area contributed by atoms with Crippen molar-refractivity contribution in [1.82, 2.24) is 4.90 Å². The molecule has 27 heavy (non-hydrogen) atoms. The summed E-state index contributed by atoms with van der Waals surface area (Å²) < 4.78 is 17.1. The van der Waals surface area contributed by atoms with E-state index in [-0.39, 0.29) is 18.6 Å². The number of amides is 1. The van der Waals surface area contributed by atoms with Crippen LogP contribution < -0.4 is 4.74 Å². The molecule has 0 saturated carbocycles. The molecule has 5 nitrogen and oxygen atoms in total. The van der Waals surface area contributed by atoms with E-state index in [1.165, 1.54) is 0 Å². The zero-order valence-corrected chi connectivity index (χ0v) is 16.2. The number of hydrogen-bond donors (Lipinski definition) is 0. The van der Waals surface area contributed by atoms with Crippen LogP contribution in [0.15, 0.2) is 48.5 Å². The number of carbonyl (C=O) groups is 1. The molecule has 1 saturated heterocycles. The number of ether oxygens (including phenoxy) is 3. The second-order valence-corrected chi connectivity index (χ2v) is 6.94. The third kappa shape index (κ3) is 5.96. The van der Waals surface area contributed by atoms with Gasteiger partial charge < -0.3 is 19.1 Å². The summed E-state index contributed by atoms with van der Waals surface area (Å²) in [5.41, 5.74) is 2.02. The molecule has 1 atom stereocenters. The number of rotatable bonds is 7. The van der Waals surface area contributed by atoms with Crippen molar-refractivity contribution in [2.75, 3.05) is 32.9 Å². The molecule has 1 fully saturated rings. The van der Waals surface area contributed by atoms with E-state index in [2.05, 4.69) is 0 Å². The van der Waals surface area contributed by atoms with Gasteiger partial charge in [0.15, 0.2) is 0 Å². The van der Waals surface area contributed by atoms with Crippen molar-refractivity contribution in [3.63, 3.8) is 0 Å². The summed E-state index contributed by atoms with van der Waals surface area (Å²) in [4.78, 5) is 14.2. The van der Waals surface area contributed by atoms with Gasteiger partial charge in [-0.15, -0.1) is 0 Å². The Morgan fingerprint density at radius 3 is 2.85 bits per heavy atom. The van der Waals surface area contributed by atoms with Crippen LogP contribution in [0.25, 0.3) is 0 Å². The molecule has 1 amide bonds. The SMILES string of the molecule is Cc1cc(OCC2CN(C(=O)COCc3ccccc3)CCO2)ccc1Cl. The minimum Gasteiger partial charge on any atom is -0.491 e. The lowest BCUT2D eigenvalue weighted by atomic mass is 10.2. The van der Waals surface area contributed by atoms with E-state index >= 15 is 0 Å². The Kier molecular flexibility index (Phi) is 7.10. The van der Waals surface area contributed by atoms with Crippen LogP contribution >= 0.6 is 11.6 Å². The molecule has 2 aromatic carbocycles. The van der Waals surface area contributed by atoms with Crippen LogP contribution in [0.2, 0.25) is 5.02 Å². The highest BCUT2D eigenvalue weighted by molar-refractivity contribution is 6.31. The molecular formula is C21H24ClNO4. The van der Waals surface area contributed by atoms with Gasteiger partial charge in [0, 0.05) is 11.6 Å². The largest absolute Gasteiger partial charge is 0.491 e. The van der Waals surface area contributed by atoms with E-state index in [4.69, 9.17) is 25.8 Å². The predicted octanol–water partition coefficient (Wildman–Crippen LogP) is 3.47. The maximum absolute atomic E-state index is 12.4. The van der Waals surface area contributed by atoms with Crippen molar-refractivity contribution in [3.05, 3.63) is 64.7 Å². The standard InChI is InChI=1S/C21H24ClNO4/c1-16-11-18(7-8-20(16)22)27-14-19-12-23(9-10-26-19)21(24)15-25-13-17-5-3-2-4-6-17/h2-8,11,19H,9-10,12-15H2,1H3. The average molecular weight is 390 g/mol. The van der Waals surface area contributed by atoms with Gasteiger partial charge in [-0.2, -0.15) is 0 Å². The highest BCUT2D eigenvalue weighted by atomic mass is 35.5. The number of nitrogens with zero attached hydrogens (tertiary/aromatic N) is 1. The Morgan fingerprint density at radius 2 is 2.07 bits per heavy atom. The van der Waals surface area contributed by atoms with Crippen LogP contribution in [0.4, 0.5) is 0 Å². The molecule has 0 bridgehead atoms. The smallest absolute Gasteiger partial charge is 0.248 e. The summed E-state index contributed by atoms with van der Waals surface area (Å²) in [5, 5.41) is 0.712. The second kappa shape index (κ2) is 9.74. The van der Waals surface area contributed by atoms with Crippen molar-refractivity contribution in [2.24, 2.45) is 0 Å². The van der Waals surface area contributed by atoms with Crippen LogP contribution in [0.1, 0.15) is 11.1 Å². The first-order valence-corrected chi connectivity index (χ1v) is 9.39. The van der Waals surface area contributed by atoms with E-state index in [1.807, 2.05) is 55.5 Å². The van der Waals surface area contributed by atoms with E-state index in [1.54, 1.807) is 4.90 Å². The van der Waals surface area contributed by atoms with E-state index < -0.39 is 0 Å². The number of morpholine rings is 1. The van der Waals surface area contributed by atoms with Crippen LogP contribution in [-0.2, 0) is 20.9 Å². The Hall–Kier alpha value is -2.08. The van der Waals surface area contributed by atoms with Gasteiger partial charge in [-0.25, -0.2) is 0 Å². The molecule has 2 aromatic rings. The first-order chi connectivity index (χ1) is 13.1. The molecule has 1 aliphatic heterocycles. The quantitative estimate of drug-likeness (QED) is 0.727.